The highest BCUT2D eigenvalue weighted by Crippen LogP contribution is 2.33. The normalized spacial score (nSPS) is 11.5. The third-order valence-corrected chi connectivity index (χ3v) is 5.11. The average Bonchev–Trinajstić information content (AvgIpc) is 2.25. The van der Waals surface area contributed by atoms with Gasteiger partial charge in [0.15, 0.2) is 15.6 Å². The van der Waals surface area contributed by atoms with Crippen LogP contribution in [0.2, 0.25) is 0 Å². The number of Topliss-reactive ketones (excluding diaryl/α,β-unsaturated/α-hetero) is 1. The molecule has 0 aliphatic heterocycles. The van der Waals surface area contributed by atoms with Gasteiger partial charge >= 0.3 is 0 Å². The summed E-state index contributed by atoms with van der Waals surface area (Å²) >= 11 is 4.58. The Morgan fingerprint density at radius 1 is 1.47 bits per heavy atom. The van der Waals surface area contributed by atoms with Gasteiger partial charge in [0.1, 0.15) is 0 Å². The smallest absolute Gasteiger partial charge is 0.176 e. The molecule has 0 atom stereocenters. The predicted octanol–water partition coefficient (Wildman–Crippen LogP) is 1.72. The van der Waals surface area contributed by atoms with Crippen LogP contribution >= 0.6 is 27.7 Å². The Morgan fingerprint density at radius 2 is 2.06 bits per heavy atom. The molecule has 94 valence electrons. The summed E-state index contributed by atoms with van der Waals surface area (Å²) in [6.07, 6.45) is 2.89. The summed E-state index contributed by atoms with van der Waals surface area (Å²) in [5, 5.41) is 0. The molecule has 1 aromatic rings. The number of thioether (sulfide) groups is 1. The van der Waals surface area contributed by atoms with E-state index in [1.807, 2.05) is 0 Å². The molecule has 0 fully saturated rings. The van der Waals surface area contributed by atoms with Gasteiger partial charge in [0.2, 0.25) is 0 Å². The summed E-state index contributed by atoms with van der Waals surface area (Å²) in [6.45, 7) is -0.145. The molecule has 1 aromatic carbocycles. The predicted molar refractivity (Wildman–Crippen MR) is 72.4 cm³/mol. The molecule has 4 nitrogen and oxygen atoms in total. The first kappa shape index (κ1) is 14.7. The maximum Gasteiger partial charge on any atom is 0.176 e. The summed E-state index contributed by atoms with van der Waals surface area (Å²) in [4.78, 5) is 12.2. The minimum absolute atomic E-state index is 0.145. The van der Waals surface area contributed by atoms with Crippen molar-refractivity contribution in [1.29, 1.82) is 0 Å². The summed E-state index contributed by atoms with van der Waals surface area (Å²) in [5.74, 6) is -0.289. The lowest BCUT2D eigenvalue weighted by Gasteiger charge is -2.10. The molecule has 17 heavy (non-hydrogen) atoms. The molecule has 1 rings (SSSR count). The number of sulfone groups is 1. The van der Waals surface area contributed by atoms with Crippen LogP contribution in [0.4, 0.5) is 0 Å². The molecule has 0 aliphatic carbocycles. The van der Waals surface area contributed by atoms with Crippen LogP contribution in [-0.4, -0.2) is 33.3 Å². The minimum atomic E-state index is -3.38. The number of rotatable bonds is 4. The number of nitrogens with two attached hydrogens (primary N) is 1. The van der Waals surface area contributed by atoms with Crippen molar-refractivity contribution in [3.8, 4) is 0 Å². The van der Waals surface area contributed by atoms with Crippen LogP contribution < -0.4 is 5.73 Å². The van der Waals surface area contributed by atoms with E-state index in [0.29, 0.717) is 14.9 Å². The van der Waals surface area contributed by atoms with E-state index in [2.05, 4.69) is 15.9 Å². The maximum absolute atomic E-state index is 11.7. The molecular weight excluding hydrogens is 326 g/mol. The van der Waals surface area contributed by atoms with Gasteiger partial charge in [-0.2, -0.15) is 0 Å². The van der Waals surface area contributed by atoms with E-state index in [-0.39, 0.29) is 17.2 Å². The number of hydrogen-bond acceptors (Lipinski definition) is 5. The quantitative estimate of drug-likeness (QED) is 0.668. The highest BCUT2D eigenvalue weighted by atomic mass is 79.9. The Morgan fingerprint density at radius 3 is 2.47 bits per heavy atom. The van der Waals surface area contributed by atoms with Gasteiger partial charge in [0.25, 0.3) is 0 Å². The first-order chi connectivity index (χ1) is 7.81. The van der Waals surface area contributed by atoms with Gasteiger partial charge < -0.3 is 5.73 Å². The standard InChI is InChI=1S/C10H12BrNO3S2/c1-16-10-7(11)3-6(8(13)5-12)4-9(10)17(2,14)15/h3-4H,5,12H2,1-2H3. The summed E-state index contributed by atoms with van der Waals surface area (Å²) in [6, 6.07) is 2.97. The monoisotopic (exact) mass is 337 g/mol. The molecule has 0 aromatic heterocycles. The first-order valence-corrected chi connectivity index (χ1v) is 8.53. The van der Waals surface area contributed by atoms with Crippen molar-refractivity contribution in [3.05, 3.63) is 22.2 Å². The van der Waals surface area contributed by atoms with E-state index in [9.17, 15) is 13.2 Å². The SMILES string of the molecule is CSc1c(Br)cc(C(=O)CN)cc1S(C)(=O)=O. The molecule has 7 heteroatoms. The second kappa shape index (κ2) is 5.51. The van der Waals surface area contributed by atoms with Crippen molar-refractivity contribution >= 4 is 43.3 Å². The third-order valence-electron chi connectivity index (χ3n) is 2.12. The van der Waals surface area contributed by atoms with Crippen molar-refractivity contribution in [2.24, 2.45) is 5.73 Å². The lowest BCUT2D eigenvalue weighted by Crippen LogP contribution is -2.14. The van der Waals surface area contributed by atoms with Crippen LogP contribution in [0.15, 0.2) is 26.4 Å². The second-order valence-electron chi connectivity index (χ2n) is 3.39. The van der Waals surface area contributed by atoms with Crippen LogP contribution in [0, 0.1) is 0 Å². The molecule has 2 N–H and O–H groups in total. The average molecular weight is 338 g/mol. The molecule has 0 spiro atoms. The fourth-order valence-electron chi connectivity index (χ4n) is 1.32. The van der Waals surface area contributed by atoms with Gasteiger partial charge in [0, 0.05) is 21.2 Å². The summed E-state index contributed by atoms with van der Waals surface area (Å²) in [5.41, 5.74) is 5.57. The summed E-state index contributed by atoms with van der Waals surface area (Å²) in [7, 11) is -3.38. The van der Waals surface area contributed by atoms with Gasteiger partial charge in [-0.25, -0.2) is 8.42 Å². The van der Waals surface area contributed by atoms with Crippen molar-refractivity contribution in [2.45, 2.75) is 9.79 Å². The molecule has 0 amide bonds. The number of hydrogen-bond donors (Lipinski definition) is 1. The topological polar surface area (TPSA) is 77.2 Å². The van der Waals surface area contributed by atoms with Crippen LogP contribution in [0.3, 0.4) is 0 Å². The van der Waals surface area contributed by atoms with Crippen LogP contribution in [-0.2, 0) is 9.84 Å². The number of carbonyl (C=O) groups is 1. The molecule has 0 radical (unpaired) electrons. The minimum Gasteiger partial charge on any atom is -0.324 e. The molecule has 0 saturated heterocycles. The van der Waals surface area contributed by atoms with Gasteiger partial charge in [-0.1, -0.05) is 0 Å². The zero-order valence-corrected chi connectivity index (χ0v) is 12.6. The second-order valence-corrected chi connectivity index (χ2v) is 7.04. The van der Waals surface area contributed by atoms with Crippen LogP contribution in [0.25, 0.3) is 0 Å². The zero-order chi connectivity index (χ0) is 13.2. The largest absolute Gasteiger partial charge is 0.324 e. The lowest BCUT2D eigenvalue weighted by molar-refractivity contribution is 0.100. The molecule has 0 heterocycles. The van der Waals surface area contributed by atoms with Gasteiger partial charge in [-0.15, -0.1) is 11.8 Å². The molecule has 0 bridgehead atoms. The van der Waals surface area contributed by atoms with Crippen molar-refractivity contribution in [3.63, 3.8) is 0 Å². The first-order valence-electron chi connectivity index (χ1n) is 4.62. The molecule has 0 saturated carbocycles. The Balaban J connectivity index is 3.56. The van der Waals surface area contributed by atoms with Crippen molar-refractivity contribution < 1.29 is 13.2 Å². The third kappa shape index (κ3) is 3.31. The van der Waals surface area contributed by atoms with Gasteiger partial charge in [-0.05, 0) is 34.3 Å². The van der Waals surface area contributed by atoms with E-state index in [4.69, 9.17) is 5.73 Å². The van der Waals surface area contributed by atoms with Crippen molar-refractivity contribution in [1.82, 2.24) is 0 Å². The van der Waals surface area contributed by atoms with Gasteiger partial charge in [0.05, 0.1) is 11.4 Å². The highest BCUT2D eigenvalue weighted by molar-refractivity contribution is 9.10. The molecule has 0 unspecified atom stereocenters. The number of ketones is 1. The van der Waals surface area contributed by atoms with Crippen LogP contribution in [0.5, 0.6) is 0 Å². The Kier molecular flexibility index (Phi) is 4.77. The number of benzene rings is 1. The van der Waals surface area contributed by atoms with Crippen LogP contribution in [0.1, 0.15) is 10.4 Å². The highest BCUT2D eigenvalue weighted by Gasteiger charge is 2.19. The Hall–Kier alpha value is -0.370. The van der Waals surface area contributed by atoms with Crippen molar-refractivity contribution in [2.75, 3.05) is 19.1 Å². The number of halogens is 1. The molecular formula is C10H12BrNO3S2. The van der Waals surface area contributed by atoms with E-state index < -0.39 is 9.84 Å². The zero-order valence-electron chi connectivity index (χ0n) is 9.36. The summed E-state index contributed by atoms with van der Waals surface area (Å²) < 4.78 is 23.9. The van der Waals surface area contributed by atoms with E-state index in [0.717, 1.165) is 6.26 Å². The maximum atomic E-state index is 11.7. The van der Waals surface area contributed by atoms with E-state index in [1.54, 1.807) is 12.3 Å². The van der Waals surface area contributed by atoms with Gasteiger partial charge in [-0.3, -0.25) is 4.79 Å². The number of carbonyl (C=O) groups excluding carboxylic acids is 1. The fraction of sp³-hybridized carbons (Fsp3) is 0.300. The lowest BCUT2D eigenvalue weighted by atomic mass is 10.1. The van der Waals surface area contributed by atoms with E-state index >= 15 is 0 Å². The Bertz CT molecular complexity index is 555. The fourth-order valence-corrected chi connectivity index (χ4v) is 4.40. The molecule has 0 aliphatic rings. The Labute approximate surface area is 113 Å². The van der Waals surface area contributed by atoms with E-state index in [1.165, 1.54) is 17.8 Å².